The summed E-state index contributed by atoms with van der Waals surface area (Å²) in [7, 11) is -3.39. The lowest BCUT2D eigenvalue weighted by molar-refractivity contribution is -0.122. The smallest absolute Gasteiger partial charge is 0.235 e. The van der Waals surface area contributed by atoms with E-state index in [0.717, 1.165) is 43.7 Å². The average Bonchev–Trinajstić information content (AvgIpc) is 3.04. The van der Waals surface area contributed by atoms with Gasteiger partial charge in [0, 0.05) is 17.3 Å². The lowest BCUT2D eigenvalue weighted by Crippen LogP contribution is -2.47. The van der Waals surface area contributed by atoms with Gasteiger partial charge in [-0.2, -0.15) is 0 Å². The number of piperidine rings is 1. The number of rotatable bonds is 6. The lowest BCUT2D eigenvalue weighted by atomic mass is 9.73. The number of halogens is 1. The van der Waals surface area contributed by atoms with Gasteiger partial charge in [-0.3, -0.25) is 9.69 Å². The molecule has 2 fully saturated rings. The Morgan fingerprint density at radius 3 is 2.48 bits per heavy atom. The van der Waals surface area contributed by atoms with Crippen LogP contribution in [0.15, 0.2) is 47.4 Å². The first-order chi connectivity index (χ1) is 15.8. The van der Waals surface area contributed by atoms with Gasteiger partial charge in [0.05, 0.1) is 21.7 Å². The summed E-state index contributed by atoms with van der Waals surface area (Å²) in [5.41, 5.74) is 1.36. The van der Waals surface area contributed by atoms with Crippen molar-refractivity contribution in [2.45, 2.75) is 47.3 Å². The van der Waals surface area contributed by atoms with Crippen LogP contribution in [0, 0.1) is 0 Å². The predicted molar refractivity (Wildman–Crippen MR) is 126 cm³/mol. The van der Waals surface area contributed by atoms with Gasteiger partial charge in [-0.1, -0.05) is 11.6 Å². The quantitative estimate of drug-likeness (QED) is 0.646. The van der Waals surface area contributed by atoms with Crippen LogP contribution in [0.1, 0.15) is 31.2 Å². The molecule has 176 valence electrons. The van der Waals surface area contributed by atoms with E-state index in [-0.39, 0.29) is 10.8 Å². The molecule has 2 heterocycles. The third kappa shape index (κ3) is 4.14. The molecule has 5 rings (SSSR count). The van der Waals surface area contributed by atoms with Crippen LogP contribution in [0.2, 0.25) is 5.02 Å². The molecular formula is C24H27ClN2O5S. The zero-order chi connectivity index (χ0) is 23.2. The number of ether oxygens (including phenoxy) is 1. The van der Waals surface area contributed by atoms with E-state index in [1.165, 1.54) is 0 Å². The molecule has 1 saturated heterocycles. The van der Waals surface area contributed by atoms with E-state index in [1.807, 2.05) is 12.1 Å². The van der Waals surface area contributed by atoms with Crippen molar-refractivity contribution in [1.29, 1.82) is 0 Å². The summed E-state index contributed by atoms with van der Waals surface area (Å²) in [6.45, 7) is 2.77. The molecule has 7 nitrogen and oxygen atoms in total. The number of carbonyl (C=O) groups is 1. The molecule has 1 amide bonds. The SMILES string of the molecule is O=C1Nc2ccc(Cl)cc2C12CCN(CCOc1ccc(S(=O)(=O)[C@H]3C[C@H](O)C3)cc1)CC2. The van der Waals surface area contributed by atoms with Gasteiger partial charge in [0.15, 0.2) is 9.84 Å². The Hall–Kier alpha value is -2.13. The average molecular weight is 491 g/mol. The van der Waals surface area contributed by atoms with Crippen molar-refractivity contribution in [2.75, 3.05) is 31.6 Å². The maximum atomic E-state index is 12.8. The fourth-order valence-electron chi connectivity index (χ4n) is 5.04. The normalized spacial score (nSPS) is 24.2. The lowest BCUT2D eigenvalue weighted by Gasteiger charge is -2.38. The predicted octanol–water partition coefficient (Wildman–Crippen LogP) is 3.00. The molecule has 1 aliphatic carbocycles. The largest absolute Gasteiger partial charge is 0.492 e. The molecule has 2 aliphatic heterocycles. The topological polar surface area (TPSA) is 95.9 Å². The van der Waals surface area contributed by atoms with Crippen LogP contribution in [0.3, 0.4) is 0 Å². The van der Waals surface area contributed by atoms with E-state index >= 15 is 0 Å². The van der Waals surface area contributed by atoms with Crippen molar-refractivity contribution in [3.05, 3.63) is 53.1 Å². The summed E-state index contributed by atoms with van der Waals surface area (Å²) in [5, 5.41) is 12.5. The van der Waals surface area contributed by atoms with Gasteiger partial charge >= 0.3 is 0 Å². The summed E-state index contributed by atoms with van der Waals surface area (Å²) in [4.78, 5) is 15.3. The van der Waals surface area contributed by atoms with Crippen molar-refractivity contribution in [3.63, 3.8) is 0 Å². The number of fused-ring (bicyclic) bond motifs is 2. The Morgan fingerprint density at radius 1 is 1.12 bits per heavy atom. The number of sulfone groups is 1. The van der Waals surface area contributed by atoms with E-state index in [4.69, 9.17) is 16.3 Å². The number of aliphatic hydroxyl groups excluding tert-OH is 1. The van der Waals surface area contributed by atoms with Gasteiger partial charge in [0.1, 0.15) is 12.4 Å². The van der Waals surface area contributed by atoms with Crippen LogP contribution in [0.25, 0.3) is 0 Å². The number of hydrogen-bond acceptors (Lipinski definition) is 6. The molecule has 0 bridgehead atoms. The van der Waals surface area contributed by atoms with Gasteiger partial charge < -0.3 is 15.2 Å². The molecule has 1 saturated carbocycles. The number of likely N-dealkylation sites (tertiary alicyclic amines) is 1. The maximum Gasteiger partial charge on any atom is 0.235 e. The second-order valence-electron chi connectivity index (χ2n) is 9.18. The highest BCUT2D eigenvalue weighted by Gasteiger charge is 2.48. The molecule has 1 spiro atoms. The highest BCUT2D eigenvalue weighted by Crippen LogP contribution is 2.45. The minimum atomic E-state index is -3.39. The van der Waals surface area contributed by atoms with Crippen LogP contribution < -0.4 is 10.1 Å². The van der Waals surface area contributed by atoms with Crippen molar-refractivity contribution < 1.29 is 23.1 Å². The third-order valence-corrected chi connectivity index (χ3v) is 9.65. The molecule has 0 unspecified atom stereocenters. The minimum Gasteiger partial charge on any atom is -0.492 e. The van der Waals surface area contributed by atoms with Crippen molar-refractivity contribution in [3.8, 4) is 5.75 Å². The summed E-state index contributed by atoms with van der Waals surface area (Å²) < 4.78 is 30.9. The zero-order valence-corrected chi connectivity index (χ0v) is 19.7. The van der Waals surface area contributed by atoms with E-state index < -0.39 is 26.6 Å². The highest BCUT2D eigenvalue weighted by atomic mass is 35.5. The summed E-state index contributed by atoms with van der Waals surface area (Å²) >= 11 is 6.19. The second kappa shape index (κ2) is 8.58. The summed E-state index contributed by atoms with van der Waals surface area (Å²) in [6, 6.07) is 12.1. The Kier molecular flexibility index (Phi) is 5.89. The van der Waals surface area contributed by atoms with E-state index in [2.05, 4.69) is 10.2 Å². The van der Waals surface area contributed by atoms with Gasteiger partial charge in [0.25, 0.3) is 0 Å². The fourth-order valence-corrected chi connectivity index (χ4v) is 7.07. The molecule has 0 atom stereocenters. The molecule has 3 aliphatic rings. The number of anilines is 1. The number of aliphatic hydroxyl groups is 1. The number of carbonyl (C=O) groups excluding carboxylic acids is 1. The fraction of sp³-hybridized carbons (Fsp3) is 0.458. The molecule has 0 aromatic heterocycles. The van der Waals surface area contributed by atoms with Crippen LogP contribution in [0.5, 0.6) is 5.75 Å². The Labute approximate surface area is 198 Å². The third-order valence-electron chi connectivity index (χ3n) is 7.23. The number of amides is 1. The maximum absolute atomic E-state index is 12.8. The van der Waals surface area contributed by atoms with Crippen molar-refractivity contribution in [2.24, 2.45) is 0 Å². The number of nitrogens with one attached hydrogen (secondary N) is 1. The molecular weight excluding hydrogens is 464 g/mol. The van der Waals surface area contributed by atoms with Crippen LogP contribution >= 0.6 is 11.6 Å². The van der Waals surface area contributed by atoms with Gasteiger partial charge in [0.2, 0.25) is 5.91 Å². The molecule has 0 radical (unpaired) electrons. The Balaban J connectivity index is 1.13. The van der Waals surface area contributed by atoms with Crippen molar-refractivity contribution in [1.82, 2.24) is 4.90 Å². The highest BCUT2D eigenvalue weighted by molar-refractivity contribution is 7.92. The molecule has 2 aromatic rings. The van der Waals surface area contributed by atoms with Gasteiger partial charge in [-0.15, -0.1) is 0 Å². The first kappa shape index (κ1) is 22.7. The van der Waals surface area contributed by atoms with E-state index in [9.17, 15) is 18.3 Å². The Morgan fingerprint density at radius 2 is 1.82 bits per heavy atom. The van der Waals surface area contributed by atoms with Crippen LogP contribution in [-0.4, -0.2) is 61.9 Å². The van der Waals surface area contributed by atoms with Gasteiger partial charge in [-0.05, 0) is 86.8 Å². The zero-order valence-electron chi connectivity index (χ0n) is 18.2. The summed E-state index contributed by atoms with van der Waals surface area (Å²) in [5.74, 6) is 0.678. The number of benzene rings is 2. The van der Waals surface area contributed by atoms with E-state index in [1.54, 1.807) is 30.3 Å². The summed E-state index contributed by atoms with van der Waals surface area (Å²) in [6.07, 6.45) is 1.56. The number of hydrogen-bond donors (Lipinski definition) is 2. The first-order valence-corrected chi connectivity index (χ1v) is 13.2. The molecule has 2 N–H and O–H groups in total. The molecule has 2 aromatic carbocycles. The Bertz CT molecular complexity index is 1150. The molecule has 9 heteroatoms. The van der Waals surface area contributed by atoms with Crippen molar-refractivity contribution >= 4 is 33.0 Å². The second-order valence-corrected chi connectivity index (χ2v) is 11.8. The van der Waals surface area contributed by atoms with Crippen LogP contribution in [0.4, 0.5) is 5.69 Å². The molecule has 33 heavy (non-hydrogen) atoms. The minimum absolute atomic E-state index is 0.0575. The van der Waals surface area contributed by atoms with Gasteiger partial charge in [-0.25, -0.2) is 8.42 Å². The first-order valence-electron chi connectivity index (χ1n) is 11.3. The van der Waals surface area contributed by atoms with E-state index in [0.29, 0.717) is 30.2 Å². The monoisotopic (exact) mass is 490 g/mol. The number of nitrogens with zero attached hydrogens (tertiary/aromatic N) is 1. The standard InChI is InChI=1S/C24H27ClN2O5S/c25-16-1-6-22-21(13-16)24(23(29)26-22)7-9-27(10-8-24)11-12-32-18-2-4-19(5-3-18)33(30,31)20-14-17(28)15-20/h1-6,13,17,20,28H,7-12,14-15H2,(H,26,29)/t17-,20-. The van der Waals surface area contributed by atoms with Crippen LogP contribution in [-0.2, 0) is 20.0 Å².